The summed E-state index contributed by atoms with van der Waals surface area (Å²) in [6, 6.07) is 12.0. The van der Waals surface area contributed by atoms with Crippen molar-refractivity contribution < 1.29 is 9.53 Å². The average Bonchev–Trinajstić information content (AvgIpc) is 2.65. The van der Waals surface area contributed by atoms with Gasteiger partial charge in [-0.15, -0.1) is 11.8 Å². The van der Waals surface area contributed by atoms with Gasteiger partial charge in [-0.2, -0.15) is 0 Å². The highest BCUT2D eigenvalue weighted by molar-refractivity contribution is 7.99. The van der Waals surface area contributed by atoms with Crippen molar-refractivity contribution in [3.63, 3.8) is 0 Å². The van der Waals surface area contributed by atoms with Crippen LogP contribution in [-0.4, -0.2) is 18.8 Å². The molecule has 1 amide bonds. The Labute approximate surface area is 178 Å². The minimum atomic E-state index is -0.0279. The van der Waals surface area contributed by atoms with Crippen molar-refractivity contribution in [2.75, 3.05) is 12.9 Å². The standard InChI is InChI=1S/C23H30ClNO2S/c1-15(2)20-14-21(16(3)13-22(20)27-5)17(4)25-23(26)7-6-12-28-19-10-8-18(24)9-11-19/h8-11,13-15,17H,6-7,12H2,1-5H3,(H,25,26). The van der Waals surface area contributed by atoms with Gasteiger partial charge < -0.3 is 10.1 Å². The first kappa shape index (κ1) is 22.6. The summed E-state index contributed by atoms with van der Waals surface area (Å²) in [5.41, 5.74) is 3.45. The molecule has 0 saturated carbocycles. The SMILES string of the molecule is COc1cc(C)c(C(C)NC(=O)CCCSc2ccc(Cl)cc2)cc1C(C)C. The number of thioether (sulfide) groups is 1. The minimum absolute atomic E-state index is 0.0279. The van der Waals surface area contributed by atoms with Gasteiger partial charge in [0.25, 0.3) is 0 Å². The van der Waals surface area contributed by atoms with Gasteiger partial charge in [0.05, 0.1) is 13.2 Å². The van der Waals surface area contributed by atoms with Gasteiger partial charge >= 0.3 is 0 Å². The molecule has 1 unspecified atom stereocenters. The maximum absolute atomic E-state index is 12.4. The van der Waals surface area contributed by atoms with Crippen molar-refractivity contribution in [2.45, 2.75) is 57.4 Å². The number of amides is 1. The number of rotatable bonds is 9. The second kappa shape index (κ2) is 10.8. The molecule has 152 valence electrons. The largest absolute Gasteiger partial charge is 0.496 e. The smallest absolute Gasteiger partial charge is 0.220 e. The van der Waals surface area contributed by atoms with Crippen molar-refractivity contribution in [1.82, 2.24) is 5.32 Å². The molecule has 0 aliphatic rings. The molecule has 5 heteroatoms. The number of nitrogens with one attached hydrogen (secondary N) is 1. The molecule has 0 spiro atoms. The van der Waals surface area contributed by atoms with E-state index in [1.165, 1.54) is 10.5 Å². The summed E-state index contributed by atoms with van der Waals surface area (Å²) in [6.45, 7) is 8.41. The zero-order valence-electron chi connectivity index (χ0n) is 17.3. The molecule has 2 rings (SSSR count). The zero-order valence-corrected chi connectivity index (χ0v) is 18.9. The van der Waals surface area contributed by atoms with Crippen LogP contribution in [0.25, 0.3) is 0 Å². The fourth-order valence-corrected chi connectivity index (χ4v) is 4.13. The molecule has 2 aromatic carbocycles. The number of hydrogen-bond donors (Lipinski definition) is 1. The first-order chi connectivity index (χ1) is 13.3. The monoisotopic (exact) mass is 419 g/mol. The molecule has 3 nitrogen and oxygen atoms in total. The van der Waals surface area contributed by atoms with Gasteiger partial charge in [0.2, 0.25) is 5.91 Å². The number of carbonyl (C=O) groups excluding carboxylic acids is 1. The quantitative estimate of drug-likeness (QED) is 0.371. The third-order valence-electron chi connectivity index (χ3n) is 4.71. The molecule has 0 bridgehead atoms. The van der Waals surface area contributed by atoms with Gasteiger partial charge in [0.1, 0.15) is 5.75 Å². The molecule has 0 saturated heterocycles. The number of benzene rings is 2. The Morgan fingerprint density at radius 3 is 2.43 bits per heavy atom. The lowest BCUT2D eigenvalue weighted by atomic mass is 9.93. The van der Waals surface area contributed by atoms with E-state index in [2.05, 4.69) is 38.2 Å². The fourth-order valence-electron chi connectivity index (χ4n) is 3.16. The maximum Gasteiger partial charge on any atom is 0.220 e. The van der Waals surface area contributed by atoms with E-state index in [1.54, 1.807) is 18.9 Å². The van der Waals surface area contributed by atoms with Gasteiger partial charge in [-0.3, -0.25) is 4.79 Å². The Hall–Kier alpha value is -1.65. The van der Waals surface area contributed by atoms with Gasteiger partial charge in [0.15, 0.2) is 0 Å². The van der Waals surface area contributed by atoms with E-state index in [4.69, 9.17) is 16.3 Å². The number of methoxy groups -OCH3 is 1. The predicted octanol–water partition coefficient (Wildman–Crippen LogP) is 6.53. The second-order valence-corrected chi connectivity index (χ2v) is 8.91. The number of carbonyl (C=O) groups is 1. The number of aryl methyl sites for hydroxylation is 1. The summed E-state index contributed by atoms with van der Waals surface area (Å²) in [5, 5.41) is 3.88. The van der Waals surface area contributed by atoms with E-state index in [9.17, 15) is 4.79 Å². The Morgan fingerprint density at radius 2 is 1.82 bits per heavy atom. The van der Waals surface area contributed by atoms with E-state index in [0.29, 0.717) is 12.3 Å². The van der Waals surface area contributed by atoms with E-state index in [0.717, 1.165) is 34.1 Å². The Kier molecular flexibility index (Phi) is 8.71. The summed E-state index contributed by atoms with van der Waals surface area (Å²) in [7, 11) is 1.70. The third kappa shape index (κ3) is 6.46. The van der Waals surface area contributed by atoms with Gasteiger partial charge in [-0.1, -0.05) is 25.4 Å². The molecule has 28 heavy (non-hydrogen) atoms. The van der Waals surface area contributed by atoms with Crippen LogP contribution >= 0.6 is 23.4 Å². The number of halogens is 1. The van der Waals surface area contributed by atoms with Crippen molar-refractivity contribution >= 4 is 29.3 Å². The summed E-state index contributed by atoms with van der Waals surface area (Å²) >= 11 is 7.64. The van der Waals surface area contributed by atoms with Crippen LogP contribution in [0, 0.1) is 6.92 Å². The number of ether oxygens (including phenoxy) is 1. The van der Waals surface area contributed by atoms with Crippen LogP contribution < -0.4 is 10.1 Å². The van der Waals surface area contributed by atoms with Crippen LogP contribution in [-0.2, 0) is 4.79 Å². The van der Waals surface area contributed by atoms with Crippen molar-refractivity contribution in [3.05, 3.63) is 58.1 Å². The second-order valence-electron chi connectivity index (χ2n) is 7.30. The van der Waals surface area contributed by atoms with E-state index >= 15 is 0 Å². The molecular weight excluding hydrogens is 390 g/mol. The first-order valence-corrected chi connectivity index (χ1v) is 11.0. The molecule has 0 aliphatic heterocycles. The summed E-state index contributed by atoms with van der Waals surface area (Å²) in [5.74, 6) is 2.27. The predicted molar refractivity (Wildman–Crippen MR) is 120 cm³/mol. The highest BCUT2D eigenvalue weighted by Crippen LogP contribution is 2.32. The van der Waals surface area contributed by atoms with Crippen LogP contribution in [0.3, 0.4) is 0 Å². The fraction of sp³-hybridized carbons (Fsp3) is 0.435. The maximum atomic E-state index is 12.4. The molecular formula is C23H30ClNO2S. The molecule has 0 radical (unpaired) electrons. The normalized spacial score (nSPS) is 12.1. The summed E-state index contributed by atoms with van der Waals surface area (Å²) < 4.78 is 5.51. The Balaban J connectivity index is 1.87. The van der Waals surface area contributed by atoms with Crippen LogP contribution in [0.5, 0.6) is 5.75 Å². The summed E-state index contributed by atoms with van der Waals surface area (Å²) in [6.07, 6.45) is 1.36. The van der Waals surface area contributed by atoms with Crippen LogP contribution in [0.15, 0.2) is 41.3 Å². The van der Waals surface area contributed by atoms with E-state index < -0.39 is 0 Å². The van der Waals surface area contributed by atoms with Gasteiger partial charge in [-0.25, -0.2) is 0 Å². The van der Waals surface area contributed by atoms with Crippen molar-refractivity contribution in [2.24, 2.45) is 0 Å². The molecule has 0 heterocycles. The molecule has 1 N–H and O–H groups in total. The molecule has 0 fully saturated rings. The van der Waals surface area contributed by atoms with Gasteiger partial charge in [-0.05, 0) is 85.0 Å². The lowest BCUT2D eigenvalue weighted by Gasteiger charge is -2.21. The highest BCUT2D eigenvalue weighted by atomic mass is 35.5. The molecule has 2 aromatic rings. The zero-order chi connectivity index (χ0) is 20.7. The van der Waals surface area contributed by atoms with E-state index in [-0.39, 0.29) is 11.9 Å². The minimum Gasteiger partial charge on any atom is -0.496 e. The van der Waals surface area contributed by atoms with Crippen molar-refractivity contribution in [3.8, 4) is 5.75 Å². The number of hydrogen-bond acceptors (Lipinski definition) is 3. The van der Waals surface area contributed by atoms with Gasteiger partial charge in [0, 0.05) is 16.3 Å². The molecule has 1 atom stereocenters. The van der Waals surface area contributed by atoms with Crippen LogP contribution in [0.2, 0.25) is 5.02 Å². The lowest BCUT2D eigenvalue weighted by molar-refractivity contribution is -0.121. The Morgan fingerprint density at radius 1 is 1.14 bits per heavy atom. The Bertz CT molecular complexity index is 790. The van der Waals surface area contributed by atoms with E-state index in [1.807, 2.05) is 31.2 Å². The topological polar surface area (TPSA) is 38.3 Å². The first-order valence-electron chi connectivity index (χ1n) is 9.68. The lowest BCUT2D eigenvalue weighted by Crippen LogP contribution is -2.27. The average molecular weight is 420 g/mol. The van der Waals surface area contributed by atoms with Crippen LogP contribution in [0.1, 0.15) is 62.3 Å². The summed E-state index contributed by atoms with van der Waals surface area (Å²) in [4.78, 5) is 13.5. The molecule has 0 aromatic heterocycles. The highest BCUT2D eigenvalue weighted by Gasteiger charge is 2.16. The van der Waals surface area contributed by atoms with Crippen molar-refractivity contribution in [1.29, 1.82) is 0 Å². The third-order valence-corrected chi connectivity index (χ3v) is 6.07. The molecule has 0 aliphatic carbocycles. The van der Waals surface area contributed by atoms with Crippen LogP contribution in [0.4, 0.5) is 0 Å².